The number of hydrogen-bond acceptors (Lipinski definition) is 0. The average Bonchev–Trinajstić information content (AvgIpc) is 3.14. The Morgan fingerprint density at radius 1 is 0.900 bits per heavy atom. The van der Waals surface area contributed by atoms with Crippen LogP contribution in [0.4, 0.5) is 0 Å². The van der Waals surface area contributed by atoms with Crippen molar-refractivity contribution < 1.29 is 0 Å². The van der Waals surface area contributed by atoms with Crippen LogP contribution in [0.15, 0.2) is 35.6 Å². The zero-order valence-electron chi connectivity index (χ0n) is 12.7. The summed E-state index contributed by atoms with van der Waals surface area (Å²) in [5.41, 5.74) is 3.47. The van der Waals surface area contributed by atoms with Crippen molar-refractivity contribution in [1.29, 1.82) is 0 Å². The Labute approximate surface area is 125 Å². The fourth-order valence-corrected chi connectivity index (χ4v) is 7.99. The van der Waals surface area contributed by atoms with Gasteiger partial charge >= 0.3 is 0 Å². The van der Waals surface area contributed by atoms with Crippen molar-refractivity contribution in [3.8, 4) is 0 Å². The van der Waals surface area contributed by atoms with E-state index in [0.29, 0.717) is 0 Å². The molecular formula is C19H27P. The van der Waals surface area contributed by atoms with Crippen LogP contribution in [0.1, 0.15) is 63.9 Å². The van der Waals surface area contributed by atoms with Crippen molar-refractivity contribution in [2.24, 2.45) is 0 Å². The predicted molar refractivity (Wildman–Crippen MR) is 91.5 cm³/mol. The molecule has 2 aliphatic carbocycles. The lowest BCUT2D eigenvalue weighted by Crippen LogP contribution is -2.10. The van der Waals surface area contributed by atoms with E-state index in [1.807, 2.05) is 0 Å². The molecule has 1 aromatic carbocycles. The van der Waals surface area contributed by atoms with Crippen LogP contribution in [0.3, 0.4) is 0 Å². The van der Waals surface area contributed by atoms with E-state index in [9.17, 15) is 0 Å². The van der Waals surface area contributed by atoms with Gasteiger partial charge in [0.05, 0.1) is 0 Å². The van der Waals surface area contributed by atoms with Crippen LogP contribution >= 0.6 is 7.92 Å². The minimum absolute atomic E-state index is 0.113. The molecule has 0 aromatic heterocycles. The summed E-state index contributed by atoms with van der Waals surface area (Å²) in [6.07, 6.45) is 14.4. The minimum atomic E-state index is 0.113. The van der Waals surface area contributed by atoms with Crippen LogP contribution in [-0.4, -0.2) is 11.3 Å². The molecule has 0 spiro atoms. The quantitative estimate of drug-likeness (QED) is 0.561. The van der Waals surface area contributed by atoms with Crippen LogP contribution in [-0.2, 0) is 0 Å². The molecule has 2 aliphatic rings. The summed E-state index contributed by atoms with van der Waals surface area (Å²) >= 11 is 0. The van der Waals surface area contributed by atoms with Gasteiger partial charge in [0.1, 0.15) is 0 Å². The highest BCUT2D eigenvalue weighted by atomic mass is 31.1. The summed E-state index contributed by atoms with van der Waals surface area (Å²) < 4.78 is 0. The number of allylic oxidation sites excluding steroid dienone is 1. The topological polar surface area (TPSA) is 0 Å². The van der Waals surface area contributed by atoms with Crippen molar-refractivity contribution in [2.45, 2.75) is 69.6 Å². The summed E-state index contributed by atoms with van der Waals surface area (Å²) in [5, 5.41) is 1.71. The van der Waals surface area contributed by atoms with Gasteiger partial charge in [-0.2, -0.15) is 0 Å². The number of rotatable bonds is 4. The zero-order chi connectivity index (χ0) is 13.8. The van der Waals surface area contributed by atoms with E-state index >= 15 is 0 Å². The molecule has 0 heterocycles. The second kappa shape index (κ2) is 6.90. The number of hydrogen-bond donors (Lipinski definition) is 0. The van der Waals surface area contributed by atoms with E-state index in [0.717, 1.165) is 11.3 Å². The zero-order valence-corrected chi connectivity index (χ0v) is 13.6. The molecule has 0 amide bonds. The highest BCUT2D eigenvalue weighted by Crippen LogP contribution is 2.62. The smallest absolute Gasteiger partial charge is 0.0170 e. The Balaban J connectivity index is 1.82. The Morgan fingerprint density at radius 2 is 1.40 bits per heavy atom. The van der Waals surface area contributed by atoms with Crippen molar-refractivity contribution in [2.75, 3.05) is 0 Å². The van der Waals surface area contributed by atoms with E-state index in [1.165, 1.54) is 56.9 Å². The predicted octanol–water partition coefficient (Wildman–Crippen LogP) is 6.41. The van der Waals surface area contributed by atoms with Crippen molar-refractivity contribution in [3.63, 3.8) is 0 Å². The largest absolute Gasteiger partial charge is 0.0737 e. The van der Waals surface area contributed by atoms with Crippen molar-refractivity contribution >= 4 is 14.0 Å². The summed E-state index contributed by atoms with van der Waals surface area (Å²) in [4.78, 5) is 0. The molecule has 2 fully saturated rings. The van der Waals surface area contributed by atoms with Gasteiger partial charge in [-0.15, -0.1) is 0 Å². The third-order valence-electron chi connectivity index (χ3n) is 5.02. The maximum absolute atomic E-state index is 2.49. The van der Waals surface area contributed by atoms with Gasteiger partial charge in [-0.25, -0.2) is 0 Å². The van der Waals surface area contributed by atoms with Crippen LogP contribution < -0.4 is 0 Å². The summed E-state index contributed by atoms with van der Waals surface area (Å²) in [7, 11) is 0.113. The highest BCUT2D eigenvalue weighted by Gasteiger charge is 2.33. The summed E-state index contributed by atoms with van der Waals surface area (Å²) in [5.74, 6) is 0. The first kappa shape index (κ1) is 14.3. The molecule has 0 N–H and O–H groups in total. The molecule has 0 unspecified atom stereocenters. The van der Waals surface area contributed by atoms with Gasteiger partial charge in [-0.3, -0.25) is 0 Å². The molecular weight excluding hydrogens is 259 g/mol. The standard InChI is InChI=1S/C19H27P/c1-16(15-17-9-3-2-4-10-17)20(18-11-5-6-12-18)19-13-7-8-14-19/h2-4,9-10,15,18-19H,5-8,11-14H2,1H3. The second-order valence-corrected chi connectivity index (χ2v) is 9.46. The Bertz CT molecular complexity index is 420. The molecule has 0 atom stereocenters. The molecule has 0 nitrogen and oxygen atoms in total. The Morgan fingerprint density at radius 3 is 1.90 bits per heavy atom. The van der Waals surface area contributed by atoms with Gasteiger partial charge in [-0.1, -0.05) is 70.0 Å². The fraction of sp³-hybridized carbons (Fsp3) is 0.579. The fourth-order valence-electron chi connectivity index (χ4n) is 4.10. The third-order valence-corrected chi connectivity index (χ3v) is 8.57. The van der Waals surface area contributed by atoms with E-state index in [-0.39, 0.29) is 7.92 Å². The summed E-state index contributed by atoms with van der Waals surface area (Å²) in [6, 6.07) is 10.9. The molecule has 20 heavy (non-hydrogen) atoms. The minimum Gasteiger partial charge on any atom is -0.0737 e. The summed E-state index contributed by atoms with van der Waals surface area (Å²) in [6.45, 7) is 2.43. The molecule has 0 saturated heterocycles. The lowest BCUT2D eigenvalue weighted by Gasteiger charge is -2.31. The molecule has 108 valence electrons. The van der Waals surface area contributed by atoms with Gasteiger partial charge in [-0.05, 0) is 54.8 Å². The molecule has 0 aliphatic heterocycles. The van der Waals surface area contributed by atoms with E-state index < -0.39 is 0 Å². The first-order chi connectivity index (χ1) is 9.84. The molecule has 1 aromatic rings. The SMILES string of the molecule is CC(=Cc1ccccc1)P(C1CCCC1)C1CCCC1. The lowest BCUT2D eigenvalue weighted by molar-refractivity contribution is 0.832. The Hall–Kier alpha value is -0.610. The van der Waals surface area contributed by atoms with Gasteiger partial charge in [0.15, 0.2) is 0 Å². The highest BCUT2D eigenvalue weighted by molar-refractivity contribution is 7.63. The van der Waals surface area contributed by atoms with Crippen LogP contribution in [0.5, 0.6) is 0 Å². The van der Waals surface area contributed by atoms with E-state index in [1.54, 1.807) is 5.31 Å². The van der Waals surface area contributed by atoms with Crippen molar-refractivity contribution in [1.82, 2.24) is 0 Å². The average molecular weight is 286 g/mol. The molecule has 0 bridgehead atoms. The molecule has 1 heteroatoms. The normalized spacial score (nSPS) is 22.0. The number of benzene rings is 1. The van der Waals surface area contributed by atoms with Gasteiger partial charge in [0.25, 0.3) is 0 Å². The maximum Gasteiger partial charge on any atom is -0.0170 e. The first-order valence-electron chi connectivity index (χ1n) is 8.36. The third kappa shape index (κ3) is 3.34. The molecule has 0 radical (unpaired) electrons. The van der Waals surface area contributed by atoms with E-state index in [2.05, 4.69) is 43.3 Å². The van der Waals surface area contributed by atoms with Crippen molar-refractivity contribution in [3.05, 3.63) is 41.2 Å². The van der Waals surface area contributed by atoms with Gasteiger partial charge in [0, 0.05) is 0 Å². The second-order valence-electron chi connectivity index (χ2n) is 6.48. The van der Waals surface area contributed by atoms with Crippen LogP contribution in [0.25, 0.3) is 6.08 Å². The van der Waals surface area contributed by atoms with Crippen LogP contribution in [0.2, 0.25) is 0 Å². The molecule has 3 rings (SSSR count). The van der Waals surface area contributed by atoms with Crippen LogP contribution in [0, 0.1) is 0 Å². The lowest BCUT2D eigenvalue weighted by atomic mass is 10.2. The van der Waals surface area contributed by atoms with E-state index in [4.69, 9.17) is 0 Å². The van der Waals surface area contributed by atoms with Gasteiger partial charge in [0.2, 0.25) is 0 Å². The first-order valence-corrected chi connectivity index (χ1v) is 9.84. The Kier molecular flexibility index (Phi) is 4.94. The maximum atomic E-state index is 2.49. The van der Waals surface area contributed by atoms with Gasteiger partial charge < -0.3 is 0 Å². The monoisotopic (exact) mass is 286 g/mol. The molecule has 2 saturated carbocycles.